The predicted octanol–water partition coefficient (Wildman–Crippen LogP) is 3.98. The number of carbonyl (C=O) groups excluding carboxylic acids is 3. The summed E-state index contributed by atoms with van der Waals surface area (Å²) in [5.41, 5.74) is 1.24. The van der Waals surface area contributed by atoms with Crippen molar-refractivity contribution in [1.29, 1.82) is 0 Å². The van der Waals surface area contributed by atoms with Gasteiger partial charge in [0.15, 0.2) is 5.76 Å². The summed E-state index contributed by atoms with van der Waals surface area (Å²) in [5.74, 6) is 0.0719. The van der Waals surface area contributed by atoms with E-state index in [2.05, 4.69) is 10.6 Å². The van der Waals surface area contributed by atoms with Crippen LogP contribution in [-0.4, -0.2) is 31.4 Å². The summed E-state index contributed by atoms with van der Waals surface area (Å²) in [6, 6.07) is 11.7. The Kier molecular flexibility index (Phi) is 5.53. The molecule has 0 spiro atoms. The fourth-order valence-corrected chi connectivity index (χ4v) is 3.98. The number of rotatable bonds is 6. The number of anilines is 3. The zero-order valence-corrected chi connectivity index (χ0v) is 17.0. The molecule has 1 aromatic carbocycles. The minimum Gasteiger partial charge on any atom is -0.494 e. The van der Waals surface area contributed by atoms with Gasteiger partial charge in [-0.3, -0.25) is 14.4 Å². The quantitative estimate of drug-likeness (QED) is 0.622. The molecule has 0 radical (unpaired) electrons. The molecule has 3 heterocycles. The van der Waals surface area contributed by atoms with Gasteiger partial charge in [0.05, 0.1) is 28.9 Å². The van der Waals surface area contributed by atoms with Gasteiger partial charge in [0.1, 0.15) is 5.75 Å². The summed E-state index contributed by atoms with van der Waals surface area (Å²) in [4.78, 5) is 38.8. The maximum absolute atomic E-state index is 12.6. The monoisotopic (exact) mass is 425 g/mol. The maximum Gasteiger partial charge on any atom is 0.291 e. The lowest BCUT2D eigenvalue weighted by Crippen LogP contribution is -2.24. The van der Waals surface area contributed by atoms with E-state index in [-0.39, 0.29) is 23.5 Å². The molecule has 1 aliphatic rings. The van der Waals surface area contributed by atoms with E-state index < -0.39 is 0 Å². The fourth-order valence-electron chi connectivity index (χ4n) is 3.18. The van der Waals surface area contributed by atoms with E-state index in [4.69, 9.17) is 9.15 Å². The normalized spacial score (nSPS) is 13.4. The Morgan fingerprint density at radius 2 is 2.00 bits per heavy atom. The topological polar surface area (TPSA) is 101 Å². The molecule has 1 aliphatic heterocycles. The number of amides is 3. The first-order valence-electron chi connectivity index (χ1n) is 9.29. The molecule has 3 aromatic rings. The van der Waals surface area contributed by atoms with Crippen LogP contribution >= 0.6 is 11.3 Å². The van der Waals surface area contributed by atoms with Crippen LogP contribution in [0.3, 0.4) is 0 Å². The van der Waals surface area contributed by atoms with Gasteiger partial charge in [-0.25, -0.2) is 0 Å². The first-order chi connectivity index (χ1) is 14.5. The molecule has 0 aliphatic carbocycles. The summed E-state index contributed by atoms with van der Waals surface area (Å²) < 4.78 is 10.5. The van der Waals surface area contributed by atoms with Crippen LogP contribution in [0.2, 0.25) is 0 Å². The minimum absolute atomic E-state index is 0.0628. The number of ether oxygens (including phenoxy) is 1. The van der Waals surface area contributed by atoms with Crippen LogP contribution in [-0.2, 0) is 4.79 Å². The number of carbonyl (C=O) groups is 3. The van der Waals surface area contributed by atoms with Crippen molar-refractivity contribution in [2.75, 3.05) is 29.2 Å². The number of hydrogen-bond acceptors (Lipinski definition) is 6. The highest BCUT2D eigenvalue weighted by Gasteiger charge is 2.24. The summed E-state index contributed by atoms with van der Waals surface area (Å²) in [6.45, 7) is 0.655. The highest BCUT2D eigenvalue weighted by atomic mass is 32.1. The summed E-state index contributed by atoms with van der Waals surface area (Å²) in [7, 11) is 1.53. The average molecular weight is 425 g/mol. The number of benzene rings is 1. The van der Waals surface area contributed by atoms with Crippen LogP contribution in [0.4, 0.5) is 16.4 Å². The zero-order valence-electron chi connectivity index (χ0n) is 16.1. The Bertz CT molecular complexity index is 1090. The molecule has 0 saturated carbocycles. The van der Waals surface area contributed by atoms with Gasteiger partial charge in [-0.05, 0) is 42.8 Å². The Morgan fingerprint density at radius 1 is 1.13 bits per heavy atom. The molecule has 30 heavy (non-hydrogen) atoms. The second-order valence-electron chi connectivity index (χ2n) is 6.59. The van der Waals surface area contributed by atoms with E-state index in [0.29, 0.717) is 40.0 Å². The number of nitrogens with one attached hydrogen (secondary N) is 2. The first-order valence-corrected chi connectivity index (χ1v) is 10.1. The van der Waals surface area contributed by atoms with Crippen LogP contribution in [0, 0.1) is 0 Å². The number of nitrogens with zero attached hydrogens (tertiary/aromatic N) is 1. The SMILES string of the molecule is COc1cc(NC(=O)c2ccc(NC(=O)c3ccco3)s2)ccc1N1CCCC1=O. The minimum atomic E-state index is -0.384. The Balaban J connectivity index is 1.44. The van der Waals surface area contributed by atoms with Crippen molar-refractivity contribution in [2.24, 2.45) is 0 Å². The first kappa shape index (κ1) is 19.7. The van der Waals surface area contributed by atoms with Crippen LogP contribution < -0.4 is 20.3 Å². The van der Waals surface area contributed by atoms with Crippen LogP contribution in [0.15, 0.2) is 53.1 Å². The lowest BCUT2D eigenvalue weighted by molar-refractivity contribution is -0.117. The van der Waals surface area contributed by atoms with Gasteiger partial charge >= 0.3 is 0 Å². The molecule has 8 nitrogen and oxygen atoms in total. The van der Waals surface area contributed by atoms with Crippen LogP contribution in [0.1, 0.15) is 33.1 Å². The third-order valence-corrected chi connectivity index (χ3v) is 5.61. The maximum atomic E-state index is 12.6. The molecule has 1 saturated heterocycles. The van der Waals surface area contributed by atoms with Crippen molar-refractivity contribution >= 4 is 45.4 Å². The molecule has 154 valence electrons. The number of furan rings is 1. The summed E-state index contributed by atoms with van der Waals surface area (Å²) >= 11 is 1.15. The van der Waals surface area contributed by atoms with Crippen molar-refractivity contribution in [1.82, 2.24) is 0 Å². The fraction of sp³-hybridized carbons (Fsp3) is 0.190. The summed E-state index contributed by atoms with van der Waals surface area (Å²) in [6.07, 6.45) is 2.76. The number of thiophene rings is 1. The van der Waals surface area contributed by atoms with Gasteiger partial charge in [0, 0.05) is 24.7 Å². The molecular weight excluding hydrogens is 406 g/mol. The average Bonchev–Trinajstić information content (AvgIpc) is 3.50. The molecule has 0 bridgehead atoms. The largest absolute Gasteiger partial charge is 0.494 e. The van der Waals surface area contributed by atoms with E-state index in [9.17, 15) is 14.4 Å². The predicted molar refractivity (Wildman–Crippen MR) is 114 cm³/mol. The molecule has 0 atom stereocenters. The number of hydrogen-bond donors (Lipinski definition) is 2. The van der Waals surface area contributed by atoms with E-state index in [1.165, 1.54) is 13.4 Å². The van der Waals surface area contributed by atoms with Crippen molar-refractivity contribution in [3.8, 4) is 5.75 Å². The Morgan fingerprint density at radius 3 is 2.70 bits per heavy atom. The Hall–Kier alpha value is -3.59. The van der Waals surface area contributed by atoms with Crippen molar-refractivity contribution in [3.63, 3.8) is 0 Å². The molecule has 4 rings (SSSR count). The zero-order chi connectivity index (χ0) is 21.1. The molecule has 2 N–H and O–H groups in total. The standard InChI is InChI=1S/C21H19N3O5S/c1-28-16-12-13(6-7-14(16)24-10-2-5-19(24)25)22-21(27)17-8-9-18(30-17)23-20(26)15-4-3-11-29-15/h3-4,6-9,11-12H,2,5,10H2,1H3,(H,22,27)(H,23,26). The molecule has 3 amide bonds. The smallest absolute Gasteiger partial charge is 0.291 e. The third-order valence-electron chi connectivity index (χ3n) is 4.61. The lowest BCUT2D eigenvalue weighted by Gasteiger charge is -2.19. The molecule has 1 fully saturated rings. The van der Waals surface area contributed by atoms with Gasteiger partial charge in [-0.15, -0.1) is 11.3 Å². The lowest BCUT2D eigenvalue weighted by atomic mass is 10.2. The molecule has 2 aromatic heterocycles. The van der Waals surface area contributed by atoms with Gasteiger partial charge in [0.25, 0.3) is 11.8 Å². The van der Waals surface area contributed by atoms with Crippen LogP contribution in [0.5, 0.6) is 5.75 Å². The molecule has 0 unspecified atom stereocenters. The van der Waals surface area contributed by atoms with Gasteiger partial charge in [-0.1, -0.05) is 0 Å². The van der Waals surface area contributed by atoms with E-state index in [1.807, 2.05) is 0 Å². The highest BCUT2D eigenvalue weighted by Crippen LogP contribution is 2.34. The number of methoxy groups -OCH3 is 1. The van der Waals surface area contributed by atoms with Gasteiger partial charge < -0.3 is 24.7 Å². The van der Waals surface area contributed by atoms with Crippen molar-refractivity contribution < 1.29 is 23.5 Å². The second kappa shape index (κ2) is 8.42. The highest BCUT2D eigenvalue weighted by molar-refractivity contribution is 7.18. The Labute approximate surface area is 176 Å². The van der Waals surface area contributed by atoms with E-state index in [0.717, 1.165) is 17.8 Å². The van der Waals surface area contributed by atoms with E-state index in [1.54, 1.807) is 47.4 Å². The molecule has 9 heteroatoms. The second-order valence-corrected chi connectivity index (χ2v) is 7.67. The van der Waals surface area contributed by atoms with Crippen molar-refractivity contribution in [2.45, 2.75) is 12.8 Å². The van der Waals surface area contributed by atoms with Crippen molar-refractivity contribution in [3.05, 3.63) is 59.4 Å². The van der Waals surface area contributed by atoms with Gasteiger partial charge in [0.2, 0.25) is 5.91 Å². The third kappa shape index (κ3) is 4.06. The summed E-state index contributed by atoms with van der Waals surface area (Å²) in [5, 5.41) is 6.04. The molecular formula is C21H19N3O5S. The van der Waals surface area contributed by atoms with Gasteiger partial charge in [-0.2, -0.15) is 0 Å². The van der Waals surface area contributed by atoms with E-state index >= 15 is 0 Å². The van der Waals surface area contributed by atoms with Crippen LogP contribution in [0.25, 0.3) is 0 Å².